The molecular formula is C23H42O3. The van der Waals surface area contributed by atoms with Gasteiger partial charge in [0.15, 0.2) is 0 Å². The molecule has 26 heavy (non-hydrogen) atoms. The first-order valence-corrected chi connectivity index (χ1v) is 11.6. The van der Waals surface area contributed by atoms with E-state index in [1.54, 1.807) is 0 Å². The smallest absolute Gasteiger partial charge is 0.305 e. The number of rotatable bonds is 12. The van der Waals surface area contributed by atoms with E-state index in [1.165, 1.54) is 83.5 Å². The third kappa shape index (κ3) is 8.88. The molecule has 2 fully saturated rings. The lowest BCUT2D eigenvalue weighted by molar-refractivity contribution is -0.146. The molecule has 2 rings (SSSR count). The Bertz CT molecular complexity index is 354. The summed E-state index contributed by atoms with van der Waals surface area (Å²) in [5.41, 5.74) is 0. The lowest BCUT2D eigenvalue weighted by Gasteiger charge is -2.35. The van der Waals surface area contributed by atoms with E-state index in [1.807, 2.05) is 0 Å². The largest absolute Gasteiger partial charge is 0.463 e. The first-order chi connectivity index (χ1) is 12.8. The molecule has 152 valence electrons. The highest BCUT2D eigenvalue weighted by Crippen LogP contribution is 2.38. The SMILES string of the molecule is CCCCCCCCC(=O)OCCOC1CCC(C2CCCCC2)CC1. The molecule has 0 N–H and O–H groups in total. The van der Waals surface area contributed by atoms with Crippen LogP contribution in [-0.2, 0) is 14.3 Å². The van der Waals surface area contributed by atoms with E-state index in [4.69, 9.17) is 9.47 Å². The lowest BCUT2D eigenvalue weighted by atomic mass is 9.73. The molecule has 0 radical (unpaired) electrons. The summed E-state index contributed by atoms with van der Waals surface area (Å²) in [7, 11) is 0. The van der Waals surface area contributed by atoms with Crippen LogP contribution in [0.3, 0.4) is 0 Å². The van der Waals surface area contributed by atoms with Crippen molar-refractivity contribution in [3.63, 3.8) is 0 Å². The van der Waals surface area contributed by atoms with Gasteiger partial charge < -0.3 is 9.47 Å². The van der Waals surface area contributed by atoms with Gasteiger partial charge in [0.2, 0.25) is 0 Å². The standard InChI is InChI=1S/C23H42O3/c1-2-3-4-5-6-10-13-23(24)26-19-18-25-22-16-14-21(15-17-22)20-11-8-7-9-12-20/h20-22H,2-19H2,1H3. The quantitative estimate of drug-likeness (QED) is 0.295. The van der Waals surface area contributed by atoms with Crippen molar-refractivity contribution in [2.75, 3.05) is 13.2 Å². The fourth-order valence-electron chi connectivity index (χ4n) is 4.82. The average Bonchev–Trinajstić information content (AvgIpc) is 2.69. The Balaban J connectivity index is 1.42. The predicted molar refractivity (Wildman–Crippen MR) is 107 cm³/mol. The number of ether oxygens (including phenoxy) is 2. The van der Waals surface area contributed by atoms with Crippen LogP contribution in [0.1, 0.15) is 110 Å². The summed E-state index contributed by atoms with van der Waals surface area (Å²) in [6.45, 7) is 3.22. The van der Waals surface area contributed by atoms with E-state index in [0.29, 0.717) is 25.7 Å². The second kappa shape index (κ2) is 13.6. The Morgan fingerprint density at radius 1 is 0.769 bits per heavy atom. The third-order valence-electron chi connectivity index (χ3n) is 6.47. The topological polar surface area (TPSA) is 35.5 Å². The van der Waals surface area contributed by atoms with Gasteiger partial charge in [0.05, 0.1) is 12.7 Å². The van der Waals surface area contributed by atoms with Gasteiger partial charge in [-0.3, -0.25) is 4.79 Å². The van der Waals surface area contributed by atoms with E-state index in [-0.39, 0.29) is 5.97 Å². The normalized spacial score (nSPS) is 24.5. The maximum Gasteiger partial charge on any atom is 0.305 e. The van der Waals surface area contributed by atoms with Gasteiger partial charge in [-0.15, -0.1) is 0 Å². The van der Waals surface area contributed by atoms with Gasteiger partial charge in [-0.2, -0.15) is 0 Å². The molecule has 0 amide bonds. The summed E-state index contributed by atoms with van der Waals surface area (Å²) in [4.78, 5) is 11.7. The van der Waals surface area contributed by atoms with Crippen LogP contribution in [0.25, 0.3) is 0 Å². The number of carbonyl (C=O) groups is 1. The average molecular weight is 367 g/mol. The summed E-state index contributed by atoms with van der Waals surface area (Å²) < 4.78 is 11.3. The van der Waals surface area contributed by atoms with Crippen molar-refractivity contribution >= 4 is 5.97 Å². The molecule has 0 aliphatic heterocycles. The Morgan fingerprint density at radius 2 is 1.42 bits per heavy atom. The van der Waals surface area contributed by atoms with Crippen molar-refractivity contribution in [3.8, 4) is 0 Å². The van der Waals surface area contributed by atoms with E-state index < -0.39 is 0 Å². The molecule has 0 aromatic carbocycles. The zero-order chi connectivity index (χ0) is 18.5. The van der Waals surface area contributed by atoms with Crippen molar-refractivity contribution in [1.82, 2.24) is 0 Å². The van der Waals surface area contributed by atoms with Gasteiger partial charge in [-0.1, -0.05) is 71.1 Å². The van der Waals surface area contributed by atoms with Crippen molar-refractivity contribution in [2.24, 2.45) is 11.8 Å². The first kappa shape index (κ1) is 21.7. The van der Waals surface area contributed by atoms with Crippen LogP contribution in [0, 0.1) is 11.8 Å². The number of hydrogen-bond donors (Lipinski definition) is 0. The summed E-state index contributed by atoms with van der Waals surface area (Å²) in [5, 5.41) is 0. The van der Waals surface area contributed by atoms with Gasteiger partial charge >= 0.3 is 5.97 Å². The minimum atomic E-state index is -0.0508. The molecule has 2 aliphatic carbocycles. The Kier molecular flexibility index (Phi) is 11.3. The van der Waals surface area contributed by atoms with Crippen molar-refractivity contribution in [1.29, 1.82) is 0 Å². The minimum absolute atomic E-state index is 0.0508. The molecular weight excluding hydrogens is 324 g/mol. The van der Waals surface area contributed by atoms with Gasteiger partial charge in [-0.05, 0) is 43.9 Å². The van der Waals surface area contributed by atoms with Crippen LogP contribution in [-0.4, -0.2) is 25.3 Å². The van der Waals surface area contributed by atoms with Crippen molar-refractivity contribution in [2.45, 2.75) is 116 Å². The number of unbranched alkanes of at least 4 members (excludes halogenated alkanes) is 5. The first-order valence-electron chi connectivity index (χ1n) is 11.6. The molecule has 0 unspecified atom stereocenters. The van der Waals surface area contributed by atoms with Crippen molar-refractivity contribution < 1.29 is 14.3 Å². The number of carbonyl (C=O) groups excluding carboxylic acids is 1. The van der Waals surface area contributed by atoms with E-state index in [9.17, 15) is 4.79 Å². The monoisotopic (exact) mass is 366 g/mol. The second-order valence-corrected chi connectivity index (χ2v) is 8.54. The highest BCUT2D eigenvalue weighted by Gasteiger charge is 2.28. The number of esters is 1. The summed E-state index contributed by atoms with van der Waals surface area (Å²) in [6, 6.07) is 0. The highest BCUT2D eigenvalue weighted by atomic mass is 16.6. The summed E-state index contributed by atoms with van der Waals surface area (Å²) in [5.74, 6) is 1.89. The van der Waals surface area contributed by atoms with Crippen LogP contribution in [0.4, 0.5) is 0 Å². The maximum absolute atomic E-state index is 11.7. The highest BCUT2D eigenvalue weighted by molar-refractivity contribution is 5.69. The van der Waals surface area contributed by atoms with Crippen LogP contribution < -0.4 is 0 Å². The minimum Gasteiger partial charge on any atom is -0.463 e. The Hall–Kier alpha value is -0.570. The number of hydrogen-bond acceptors (Lipinski definition) is 3. The molecule has 0 aromatic heterocycles. The second-order valence-electron chi connectivity index (χ2n) is 8.54. The zero-order valence-corrected chi connectivity index (χ0v) is 17.2. The van der Waals surface area contributed by atoms with E-state index >= 15 is 0 Å². The third-order valence-corrected chi connectivity index (χ3v) is 6.47. The summed E-state index contributed by atoms with van der Waals surface area (Å²) in [6.07, 6.45) is 20.6. The molecule has 3 heteroatoms. The molecule has 0 atom stereocenters. The molecule has 0 bridgehead atoms. The predicted octanol–water partition coefficient (Wildman–Crippen LogP) is 6.44. The fourth-order valence-corrected chi connectivity index (χ4v) is 4.82. The maximum atomic E-state index is 11.7. The van der Waals surface area contributed by atoms with Gasteiger partial charge in [-0.25, -0.2) is 0 Å². The van der Waals surface area contributed by atoms with Crippen LogP contribution in [0.2, 0.25) is 0 Å². The van der Waals surface area contributed by atoms with E-state index in [2.05, 4.69) is 6.92 Å². The molecule has 0 spiro atoms. The lowest BCUT2D eigenvalue weighted by Crippen LogP contribution is -2.28. The Morgan fingerprint density at radius 3 is 2.15 bits per heavy atom. The van der Waals surface area contributed by atoms with Crippen molar-refractivity contribution in [3.05, 3.63) is 0 Å². The molecule has 0 heterocycles. The molecule has 0 aromatic rings. The van der Waals surface area contributed by atoms with E-state index in [0.717, 1.165) is 24.7 Å². The van der Waals surface area contributed by atoms with Gasteiger partial charge in [0.1, 0.15) is 6.61 Å². The molecule has 3 nitrogen and oxygen atoms in total. The van der Waals surface area contributed by atoms with Crippen LogP contribution in [0.5, 0.6) is 0 Å². The zero-order valence-electron chi connectivity index (χ0n) is 17.2. The summed E-state index contributed by atoms with van der Waals surface area (Å²) >= 11 is 0. The Labute approximate surface area is 161 Å². The van der Waals surface area contributed by atoms with Gasteiger partial charge in [0.25, 0.3) is 0 Å². The molecule has 0 saturated heterocycles. The molecule has 2 saturated carbocycles. The fraction of sp³-hybridized carbons (Fsp3) is 0.957. The molecule has 2 aliphatic rings. The van der Waals surface area contributed by atoms with Gasteiger partial charge in [0, 0.05) is 6.42 Å². The van der Waals surface area contributed by atoms with Crippen LogP contribution >= 0.6 is 0 Å². The van der Waals surface area contributed by atoms with Crippen LogP contribution in [0.15, 0.2) is 0 Å².